The molecule has 4 rings (SSSR count). The van der Waals surface area contributed by atoms with Crippen molar-refractivity contribution in [1.29, 1.82) is 0 Å². The molecule has 4 heteroatoms. The van der Waals surface area contributed by atoms with Crippen LogP contribution in [0.3, 0.4) is 0 Å². The van der Waals surface area contributed by atoms with Gasteiger partial charge in [-0.25, -0.2) is 4.79 Å². The number of urea groups is 1. The van der Waals surface area contributed by atoms with Gasteiger partial charge in [-0.2, -0.15) is 0 Å². The van der Waals surface area contributed by atoms with Gasteiger partial charge in [-0.3, -0.25) is 4.98 Å². The molecule has 2 atom stereocenters. The van der Waals surface area contributed by atoms with Crippen LogP contribution in [0.15, 0.2) is 66.9 Å². The highest BCUT2D eigenvalue weighted by molar-refractivity contribution is 5.80. The summed E-state index contributed by atoms with van der Waals surface area (Å²) in [6, 6.07) is 20.7. The Morgan fingerprint density at radius 2 is 1.54 bits per heavy atom. The molecule has 0 aliphatic carbocycles. The third kappa shape index (κ3) is 2.92. The molecule has 1 unspecified atom stereocenters. The van der Waals surface area contributed by atoms with Crippen LogP contribution < -0.4 is 0 Å². The number of hydrogen-bond donors (Lipinski definition) is 0. The van der Waals surface area contributed by atoms with E-state index < -0.39 is 0 Å². The lowest BCUT2D eigenvalue weighted by Crippen LogP contribution is -2.35. The van der Waals surface area contributed by atoms with E-state index in [9.17, 15) is 4.79 Å². The van der Waals surface area contributed by atoms with Gasteiger partial charge < -0.3 is 9.80 Å². The molecule has 0 N–H and O–H groups in total. The molecule has 1 fully saturated rings. The maximum absolute atomic E-state index is 13.0. The Kier molecular flexibility index (Phi) is 4.33. The van der Waals surface area contributed by atoms with Gasteiger partial charge in [0.05, 0.1) is 17.6 Å². The van der Waals surface area contributed by atoms with Crippen molar-refractivity contribution in [1.82, 2.24) is 14.8 Å². The Morgan fingerprint density at radius 3 is 2.27 bits per heavy atom. The maximum atomic E-state index is 13.0. The molecule has 2 amide bonds. The zero-order valence-corrected chi connectivity index (χ0v) is 15.2. The quantitative estimate of drug-likeness (QED) is 0.681. The fourth-order valence-corrected chi connectivity index (χ4v) is 3.74. The monoisotopic (exact) mass is 345 g/mol. The molecular formula is C22H23N3O. The Balaban J connectivity index is 1.55. The summed E-state index contributed by atoms with van der Waals surface area (Å²) >= 11 is 0. The van der Waals surface area contributed by atoms with Gasteiger partial charge in [0.1, 0.15) is 0 Å². The van der Waals surface area contributed by atoms with Crippen molar-refractivity contribution in [2.75, 3.05) is 13.1 Å². The third-order valence-corrected chi connectivity index (χ3v) is 5.40. The summed E-state index contributed by atoms with van der Waals surface area (Å²) in [6.07, 6.45) is 1.80. The Bertz CT molecular complexity index is 925. The molecule has 4 nitrogen and oxygen atoms in total. The Morgan fingerprint density at radius 1 is 0.846 bits per heavy atom. The van der Waals surface area contributed by atoms with Crippen molar-refractivity contribution in [2.24, 2.45) is 0 Å². The van der Waals surface area contributed by atoms with Crippen molar-refractivity contribution >= 4 is 16.9 Å². The molecule has 1 aliphatic rings. The van der Waals surface area contributed by atoms with E-state index in [4.69, 9.17) is 0 Å². The van der Waals surface area contributed by atoms with E-state index in [0.717, 1.165) is 29.6 Å². The summed E-state index contributed by atoms with van der Waals surface area (Å²) < 4.78 is 0. The summed E-state index contributed by atoms with van der Waals surface area (Å²) in [4.78, 5) is 21.3. The second-order valence-electron chi connectivity index (χ2n) is 6.89. The standard InChI is InChI=1S/C22H23N3O/c1-16(18-7-4-3-5-8-18)24-13-14-25(22(24)26)17(2)19-10-11-21-20(15-19)9-6-12-23-21/h3-12,15-17H,13-14H2,1-2H3/t16-,17?/m0/s1. The summed E-state index contributed by atoms with van der Waals surface area (Å²) in [5, 5.41) is 1.11. The average Bonchev–Trinajstić information content (AvgIpc) is 3.08. The Hall–Kier alpha value is -2.88. The van der Waals surface area contributed by atoms with E-state index in [1.54, 1.807) is 6.20 Å². The minimum absolute atomic E-state index is 0.0417. The minimum atomic E-state index is 0.0417. The number of pyridine rings is 1. The highest BCUT2D eigenvalue weighted by Gasteiger charge is 2.35. The van der Waals surface area contributed by atoms with Gasteiger partial charge in [0.15, 0.2) is 0 Å². The topological polar surface area (TPSA) is 36.4 Å². The normalized spacial score (nSPS) is 16.9. The molecule has 1 aliphatic heterocycles. The van der Waals surface area contributed by atoms with Crippen LogP contribution in [0, 0.1) is 0 Å². The number of rotatable bonds is 4. The third-order valence-electron chi connectivity index (χ3n) is 5.40. The maximum Gasteiger partial charge on any atom is 0.321 e. The van der Waals surface area contributed by atoms with Gasteiger partial charge in [-0.15, -0.1) is 0 Å². The molecule has 0 bridgehead atoms. The lowest BCUT2D eigenvalue weighted by molar-refractivity contribution is 0.170. The van der Waals surface area contributed by atoms with Crippen LogP contribution in [-0.4, -0.2) is 33.9 Å². The first-order valence-corrected chi connectivity index (χ1v) is 9.12. The number of nitrogens with zero attached hydrogens (tertiary/aromatic N) is 3. The van der Waals surface area contributed by atoms with Crippen LogP contribution in [0.4, 0.5) is 4.79 Å². The van der Waals surface area contributed by atoms with E-state index in [-0.39, 0.29) is 18.1 Å². The highest BCUT2D eigenvalue weighted by Crippen LogP contribution is 2.31. The van der Waals surface area contributed by atoms with E-state index in [1.165, 1.54) is 5.56 Å². The molecule has 2 aromatic carbocycles. The second-order valence-corrected chi connectivity index (χ2v) is 6.89. The largest absolute Gasteiger partial charge is 0.321 e. The fourth-order valence-electron chi connectivity index (χ4n) is 3.74. The lowest BCUT2D eigenvalue weighted by Gasteiger charge is -2.28. The first-order chi connectivity index (χ1) is 12.6. The Labute approximate surface area is 154 Å². The van der Waals surface area contributed by atoms with Crippen LogP contribution in [0.1, 0.15) is 37.1 Å². The highest BCUT2D eigenvalue weighted by atomic mass is 16.2. The number of carbonyl (C=O) groups is 1. The van der Waals surface area contributed by atoms with Crippen LogP contribution in [0.2, 0.25) is 0 Å². The van der Waals surface area contributed by atoms with Crippen LogP contribution >= 0.6 is 0 Å². The number of amides is 2. The number of carbonyl (C=O) groups excluding carboxylic acids is 1. The van der Waals surface area contributed by atoms with Crippen molar-refractivity contribution in [3.63, 3.8) is 0 Å². The van der Waals surface area contributed by atoms with E-state index in [2.05, 4.69) is 49.2 Å². The van der Waals surface area contributed by atoms with Crippen LogP contribution in [-0.2, 0) is 0 Å². The second kappa shape index (κ2) is 6.79. The van der Waals surface area contributed by atoms with Gasteiger partial charge in [0.2, 0.25) is 0 Å². The molecule has 26 heavy (non-hydrogen) atoms. The van der Waals surface area contributed by atoms with Crippen molar-refractivity contribution < 1.29 is 4.79 Å². The predicted molar refractivity (Wildman–Crippen MR) is 104 cm³/mol. The molecular weight excluding hydrogens is 322 g/mol. The molecule has 0 radical (unpaired) electrons. The number of hydrogen-bond acceptors (Lipinski definition) is 2. The summed E-state index contributed by atoms with van der Waals surface area (Å²) in [6.45, 7) is 5.71. The van der Waals surface area contributed by atoms with E-state index in [0.29, 0.717) is 0 Å². The molecule has 0 spiro atoms. The van der Waals surface area contributed by atoms with E-state index >= 15 is 0 Å². The molecule has 0 saturated carbocycles. The summed E-state index contributed by atoms with van der Waals surface area (Å²) in [5.74, 6) is 0. The summed E-state index contributed by atoms with van der Waals surface area (Å²) in [7, 11) is 0. The zero-order chi connectivity index (χ0) is 18.1. The zero-order valence-electron chi connectivity index (χ0n) is 15.2. The van der Waals surface area contributed by atoms with Crippen molar-refractivity contribution in [3.05, 3.63) is 78.0 Å². The van der Waals surface area contributed by atoms with Gasteiger partial charge in [-0.1, -0.05) is 42.5 Å². The molecule has 1 aromatic heterocycles. The molecule has 2 heterocycles. The van der Waals surface area contributed by atoms with Gasteiger partial charge in [0.25, 0.3) is 0 Å². The summed E-state index contributed by atoms with van der Waals surface area (Å²) in [5.41, 5.74) is 3.30. The first-order valence-electron chi connectivity index (χ1n) is 9.12. The molecule has 3 aromatic rings. The SMILES string of the molecule is CC(c1ccc2ncccc2c1)N1CCN([C@@H](C)c2ccccc2)C1=O. The smallest absolute Gasteiger partial charge is 0.316 e. The lowest BCUT2D eigenvalue weighted by atomic mass is 10.0. The van der Waals surface area contributed by atoms with Crippen LogP contribution in [0.5, 0.6) is 0 Å². The van der Waals surface area contributed by atoms with Crippen LogP contribution in [0.25, 0.3) is 10.9 Å². The minimum Gasteiger partial charge on any atom is -0.316 e. The van der Waals surface area contributed by atoms with E-state index in [1.807, 2.05) is 40.1 Å². The van der Waals surface area contributed by atoms with Crippen molar-refractivity contribution in [3.8, 4) is 0 Å². The number of fused-ring (bicyclic) bond motifs is 1. The molecule has 132 valence electrons. The van der Waals surface area contributed by atoms with Gasteiger partial charge in [-0.05, 0) is 43.2 Å². The number of aromatic nitrogens is 1. The van der Waals surface area contributed by atoms with Gasteiger partial charge in [0, 0.05) is 24.7 Å². The first kappa shape index (κ1) is 16.6. The van der Waals surface area contributed by atoms with Crippen molar-refractivity contribution in [2.45, 2.75) is 25.9 Å². The van der Waals surface area contributed by atoms with Gasteiger partial charge >= 0.3 is 6.03 Å². The fraction of sp³-hybridized carbons (Fsp3) is 0.273. The average molecular weight is 345 g/mol. The molecule has 1 saturated heterocycles. The number of benzene rings is 2. The predicted octanol–water partition coefficient (Wildman–Crippen LogP) is 4.79.